The molecular weight excluding hydrogens is 1360 g/mol. The molecule has 0 aromatic heterocycles. The molecule has 0 spiro atoms. The molecule has 0 amide bonds. The number of benzene rings is 10. The molecule has 1 aliphatic carbocycles. The Labute approximate surface area is 580 Å². The first-order valence-corrected chi connectivity index (χ1v) is 37.7. The largest absolute Gasteiger partial charge is 0.475 e. The molecular formula is C76H72O20P4. The predicted molar refractivity (Wildman–Crippen MR) is 371 cm³/mol. The Morgan fingerprint density at radius 1 is 0.210 bits per heavy atom. The van der Waals surface area contributed by atoms with Crippen molar-refractivity contribution in [1.82, 2.24) is 0 Å². The van der Waals surface area contributed by atoms with Gasteiger partial charge in [0.05, 0.1) is 64.0 Å². The summed E-state index contributed by atoms with van der Waals surface area (Å²) in [5.41, 5.74) is 3.60. The summed E-state index contributed by atoms with van der Waals surface area (Å²) >= 11 is 0. The third-order valence-electron chi connectivity index (χ3n) is 15.3. The summed E-state index contributed by atoms with van der Waals surface area (Å²) in [5.74, 6) is -2.30. The minimum absolute atomic E-state index is 0.0995. The summed E-state index contributed by atoms with van der Waals surface area (Å²) in [4.78, 5) is 30.8. The van der Waals surface area contributed by atoms with Crippen molar-refractivity contribution in [3.8, 4) is 0 Å². The summed E-state index contributed by atoms with van der Waals surface area (Å²) in [6.07, 6.45) is -14.4. The van der Waals surface area contributed by atoms with E-state index in [1.54, 1.807) is 279 Å². The number of carbonyl (C=O) groups is 2. The van der Waals surface area contributed by atoms with E-state index in [4.69, 9.17) is 63.8 Å². The zero-order valence-corrected chi connectivity index (χ0v) is 57.5. The van der Waals surface area contributed by atoms with Gasteiger partial charge in [-0.3, -0.25) is 54.3 Å². The molecule has 1 saturated carbocycles. The van der Waals surface area contributed by atoms with Crippen LogP contribution in [-0.4, -0.2) is 48.6 Å². The van der Waals surface area contributed by atoms with Gasteiger partial charge in [0.1, 0.15) is 24.4 Å². The number of rotatable bonds is 36. The minimum Gasteiger partial charge on any atom is -0.453 e. The Balaban J connectivity index is 1.17. The lowest BCUT2D eigenvalue weighted by molar-refractivity contribution is -0.214. The van der Waals surface area contributed by atoms with Gasteiger partial charge in [0.2, 0.25) is 0 Å². The van der Waals surface area contributed by atoms with E-state index in [-0.39, 0.29) is 11.1 Å². The highest BCUT2D eigenvalue weighted by Gasteiger charge is 2.64. The third-order valence-corrected chi connectivity index (χ3v) is 20.9. The molecule has 100 heavy (non-hydrogen) atoms. The molecule has 0 radical (unpaired) electrons. The van der Waals surface area contributed by atoms with E-state index in [9.17, 15) is 0 Å². The van der Waals surface area contributed by atoms with Gasteiger partial charge in [-0.25, -0.2) is 27.8 Å². The van der Waals surface area contributed by atoms with Crippen LogP contribution in [0.2, 0.25) is 0 Å². The Kier molecular flexibility index (Phi) is 26.4. The average molecular weight is 1430 g/mol. The van der Waals surface area contributed by atoms with E-state index < -0.39 is 133 Å². The van der Waals surface area contributed by atoms with Gasteiger partial charge in [-0.2, -0.15) is 0 Å². The lowest BCUT2D eigenvalue weighted by Gasteiger charge is -2.49. The van der Waals surface area contributed by atoms with Crippen molar-refractivity contribution in [2.45, 2.75) is 89.5 Å². The van der Waals surface area contributed by atoms with Crippen LogP contribution in [0.1, 0.15) is 65.2 Å². The van der Waals surface area contributed by atoms with Gasteiger partial charge in [0, 0.05) is 0 Å². The summed E-state index contributed by atoms with van der Waals surface area (Å²) in [5, 5.41) is 0. The van der Waals surface area contributed by atoms with Gasteiger partial charge >= 0.3 is 43.2 Å². The van der Waals surface area contributed by atoms with Crippen molar-refractivity contribution in [1.29, 1.82) is 0 Å². The van der Waals surface area contributed by atoms with Crippen LogP contribution in [0.25, 0.3) is 0 Å². The molecule has 0 aliphatic heterocycles. The molecule has 1 aliphatic rings. The summed E-state index contributed by atoms with van der Waals surface area (Å²) in [6, 6.07) is 83.8. The fraction of sp³-hybridized carbons (Fsp3) is 0.184. The highest BCUT2D eigenvalue weighted by molar-refractivity contribution is 7.49. The Morgan fingerprint density at radius 3 is 0.520 bits per heavy atom. The van der Waals surface area contributed by atoms with Crippen molar-refractivity contribution in [3.05, 3.63) is 359 Å². The molecule has 2 unspecified atom stereocenters. The van der Waals surface area contributed by atoms with Crippen molar-refractivity contribution in [2.24, 2.45) is 0 Å². The van der Waals surface area contributed by atoms with Crippen LogP contribution < -0.4 is 0 Å². The van der Waals surface area contributed by atoms with E-state index in [2.05, 4.69) is 0 Å². The number of ether oxygens (including phenoxy) is 2. The van der Waals surface area contributed by atoms with Gasteiger partial charge in [-0.05, 0) is 68.8 Å². The molecule has 10 aromatic rings. The second kappa shape index (κ2) is 36.3. The molecule has 11 rings (SSSR count). The number of esters is 2. The number of carbonyl (C=O) groups excluding carboxylic acids is 2. The molecule has 516 valence electrons. The molecule has 24 heteroatoms. The fourth-order valence-electron chi connectivity index (χ4n) is 10.2. The van der Waals surface area contributed by atoms with E-state index in [1.807, 2.05) is 0 Å². The first kappa shape index (κ1) is 72.8. The highest BCUT2D eigenvalue weighted by atomic mass is 31.2. The lowest BCUT2D eigenvalue weighted by Crippen LogP contribution is -2.67. The zero-order chi connectivity index (χ0) is 69.3. The van der Waals surface area contributed by atoms with Gasteiger partial charge in [-0.15, -0.1) is 0 Å². The van der Waals surface area contributed by atoms with Gasteiger partial charge < -0.3 is 9.47 Å². The van der Waals surface area contributed by atoms with Gasteiger partial charge in [0.25, 0.3) is 0 Å². The van der Waals surface area contributed by atoms with Crippen LogP contribution in [0.15, 0.2) is 303 Å². The van der Waals surface area contributed by atoms with Gasteiger partial charge in [-0.1, -0.05) is 279 Å². The van der Waals surface area contributed by atoms with Crippen LogP contribution in [0.4, 0.5) is 0 Å². The van der Waals surface area contributed by atoms with Crippen molar-refractivity contribution in [2.75, 3.05) is 0 Å². The first-order valence-electron chi connectivity index (χ1n) is 31.9. The van der Waals surface area contributed by atoms with E-state index in [0.29, 0.717) is 44.5 Å². The zero-order valence-electron chi connectivity index (χ0n) is 53.9. The summed E-state index contributed by atoms with van der Waals surface area (Å²) in [7, 11) is -21.5. The van der Waals surface area contributed by atoms with E-state index in [0.717, 1.165) is 0 Å². The van der Waals surface area contributed by atoms with E-state index >= 15 is 27.8 Å². The Morgan fingerprint density at radius 2 is 0.350 bits per heavy atom. The molecule has 1 fully saturated rings. The number of hydrogen-bond donors (Lipinski definition) is 0. The highest BCUT2D eigenvalue weighted by Crippen LogP contribution is 2.63. The molecule has 10 aromatic carbocycles. The van der Waals surface area contributed by atoms with Crippen molar-refractivity contribution in [3.63, 3.8) is 0 Å². The number of hydrogen-bond acceptors (Lipinski definition) is 20. The van der Waals surface area contributed by atoms with Crippen LogP contribution >= 0.6 is 31.3 Å². The predicted octanol–water partition coefficient (Wildman–Crippen LogP) is 18.2. The average Bonchev–Trinajstić information content (AvgIpc) is 0.738. The van der Waals surface area contributed by atoms with Crippen LogP contribution in [0, 0.1) is 0 Å². The third kappa shape index (κ3) is 21.8. The summed E-state index contributed by atoms with van der Waals surface area (Å²) < 4.78 is 158. The number of phosphoric ester groups is 4. The van der Waals surface area contributed by atoms with Crippen LogP contribution in [-0.2, 0) is 135 Å². The normalized spacial score (nSPS) is 17.2. The molecule has 0 N–H and O–H groups in total. The second-order valence-electron chi connectivity index (χ2n) is 22.6. The standard InChI is InChI=1S/C76H72O20P4/c77-75(67-47-27-9-28-48-67)91-69-71(93-97(79,83-51-59-31-11-1-12-32-59)84-52-60-33-13-2-14-34-60)70(92-76(78)68-49-29-10-30-50-68)73(95-99(81,87-55-63-39-19-5-20-40-63)88-56-64-41-21-6-22-42-64)74(96-100(82,89-57-65-43-23-7-24-44-65)90-58-66-45-25-8-26-46-66)72(69)94-98(80,85-53-61-35-15-3-16-36-61)86-54-62-37-17-4-18-38-62/h1-50,69-74H,51-58H2/t69-,70+,71?,72-,73-,74?/m0/s1. The SMILES string of the molecule is O=C(O[C@@H]1C(OP(=O)(OCc2ccccc2)OCc2ccccc2)[C@H](OC(=O)c2ccccc2)[C@H](OP(=O)(OCc2ccccc2)OCc2ccccc2)C(OP(=O)(OCc2ccccc2)OCc2ccccc2)[C@H]1OP(=O)(OCc1ccccc1)OCc1ccccc1)c1ccccc1. The second-order valence-corrected chi connectivity index (χ2v) is 29.1. The topological polar surface area (TPSA) is 232 Å². The summed E-state index contributed by atoms with van der Waals surface area (Å²) in [6.45, 7) is -3.74. The van der Waals surface area contributed by atoms with Crippen LogP contribution in [0.3, 0.4) is 0 Å². The van der Waals surface area contributed by atoms with Crippen molar-refractivity contribution >= 4 is 43.2 Å². The quantitative estimate of drug-likeness (QED) is 0.0262. The monoisotopic (exact) mass is 1430 g/mol. The maximum atomic E-state index is 16.6. The fourth-order valence-corrected chi connectivity index (χ4v) is 15.6. The smallest absolute Gasteiger partial charge is 0.453 e. The minimum atomic E-state index is -5.39. The Hall–Kier alpha value is -8.42. The molecule has 0 bridgehead atoms. The van der Waals surface area contributed by atoms with Crippen LogP contribution in [0.5, 0.6) is 0 Å². The maximum Gasteiger partial charge on any atom is 0.475 e. The molecule has 0 saturated heterocycles. The lowest BCUT2D eigenvalue weighted by atomic mass is 9.84. The maximum absolute atomic E-state index is 16.6. The molecule has 0 heterocycles. The molecule has 20 nitrogen and oxygen atoms in total. The van der Waals surface area contributed by atoms with E-state index in [1.165, 1.54) is 24.3 Å². The number of phosphoric acid groups is 4. The Bertz CT molecular complexity index is 3960. The first-order chi connectivity index (χ1) is 48.8. The van der Waals surface area contributed by atoms with Crippen molar-refractivity contribution < 1.29 is 91.6 Å². The van der Waals surface area contributed by atoms with Gasteiger partial charge in [0.15, 0.2) is 12.2 Å². The molecule has 6 atom stereocenters.